The molecule has 1 rings (SSSR count). The highest BCUT2D eigenvalue weighted by molar-refractivity contribution is 4.79. The summed E-state index contributed by atoms with van der Waals surface area (Å²) in [6.07, 6.45) is 7.25. The summed E-state index contributed by atoms with van der Waals surface area (Å²) in [5.41, 5.74) is 0.525. The van der Waals surface area contributed by atoms with E-state index in [9.17, 15) is 0 Å². The van der Waals surface area contributed by atoms with Crippen LogP contribution in [0.4, 0.5) is 0 Å². The average molecular weight is 196 g/mol. The topological polar surface area (TPSA) is 0 Å². The molecule has 1 aliphatic carbocycles. The standard InChI is InChI=1S/C14H28/c1-11-7-6-8-12(2)13(11)9-10-14(3,4)5/h11-13H,6-10H2,1-5H3/t11-,12+,13?. The Hall–Kier alpha value is 0. The molecule has 0 aliphatic heterocycles. The van der Waals surface area contributed by atoms with Gasteiger partial charge in [0.25, 0.3) is 0 Å². The average Bonchev–Trinajstić information content (AvgIpc) is 2.01. The lowest BCUT2D eigenvalue weighted by atomic mass is 9.70. The highest BCUT2D eigenvalue weighted by Gasteiger charge is 2.28. The first-order valence-corrected chi connectivity index (χ1v) is 6.40. The van der Waals surface area contributed by atoms with Crippen molar-refractivity contribution in [3.8, 4) is 0 Å². The van der Waals surface area contributed by atoms with Crippen LogP contribution >= 0.6 is 0 Å². The summed E-state index contributed by atoms with van der Waals surface area (Å²) in [4.78, 5) is 0. The van der Waals surface area contributed by atoms with Crippen LogP contribution in [0.25, 0.3) is 0 Å². The zero-order valence-electron chi connectivity index (χ0n) is 10.8. The fourth-order valence-electron chi connectivity index (χ4n) is 2.92. The van der Waals surface area contributed by atoms with Crippen LogP contribution < -0.4 is 0 Å². The molecule has 0 spiro atoms. The van der Waals surface area contributed by atoms with Crippen molar-refractivity contribution in [1.82, 2.24) is 0 Å². The third-order valence-electron chi connectivity index (χ3n) is 4.01. The largest absolute Gasteiger partial charge is 0.0622 e. The van der Waals surface area contributed by atoms with Crippen LogP contribution in [0.3, 0.4) is 0 Å². The summed E-state index contributed by atoms with van der Waals surface area (Å²) in [6.45, 7) is 12.0. The molecule has 1 saturated carbocycles. The molecule has 0 saturated heterocycles. The third kappa shape index (κ3) is 3.63. The summed E-state index contributed by atoms with van der Waals surface area (Å²) in [5, 5.41) is 0. The van der Waals surface area contributed by atoms with Crippen LogP contribution in [0, 0.1) is 23.2 Å². The normalized spacial score (nSPS) is 34.5. The summed E-state index contributed by atoms with van der Waals surface area (Å²) in [5.74, 6) is 2.95. The second-order valence-corrected chi connectivity index (χ2v) is 6.65. The molecular weight excluding hydrogens is 168 g/mol. The lowest BCUT2D eigenvalue weighted by Crippen LogP contribution is -2.25. The molecule has 0 aromatic carbocycles. The minimum atomic E-state index is 0.525. The van der Waals surface area contributed by atoms with E-state index in [4.69, 9.17) is 0 Å². The molecule has 1 aliphatic rings. The van der Waals surface area contributed by atoms with Gasteiger partial charge in [-0.1, -0.05) is 53.9 Å². The maximum absolute atomic E-state index is 2.46. The summed E-state index contributed by atoms with van der Waals surface area (Å²) < 4.78 is 0. The molecule has 0 bridgehead atoms. The molecule has 1 unspecified atom stereocenters. The number of rotatable bonds is 2. The number of hydrogen-bond acceptors (Lipinski definition) is 0. The molecule has 0 aromatic heterocycles. The van der Waals surface area contributed by atoms with E-state index in [1.165, 1.54) is 32.1 Å². The van der Waals surface area contributed by atoms with Crippen molar-refractivity contribution >= 4 is 0 Å². The molecule has 0 heteroatoms. The zero-order valence-corrected chi connectivity index (χ0v) is 10.8. The second kappa shape index (κ2) is 4.68. The van der Waals surface area contributed by atoms with Crippen molar-refractivity contribution in [3.05, 3.63) is 0 Å². The smallest absolute Gasteiger partial charge is 0.0362 e. The predicted octanol–water partition coefficient (Wildman–Crippen LogP) is 4.89. The van der Waals surface area contributed by atoms with Crippen LogP contribution in [0.1, 0.15) is 66.7 Å². The third-order valence-corrected chi connectivity index (χ3v) is 4.01. The molecule has 0 aromatic rings. The molecule has 3 atom stereocenters. The van der Waals surface area contributed by atoms with Gasteiger partial charge in [0.1, 0.15) is 0 Å². The van der Waals surface area contributed by atoms with Gasteiger partial charge in [-0.3, -0.25) is 0 Å². The van der Waals surface area contributed by atoms with Crippen LogP contribution in [0.15, 0.2) is 0 Å². The van der Waals surface area contributed by atoms with E-state index < -0.39 is 0 Å². The Morgan fingerprint density at radius 3 is 1.93 bits per heavy atom. The second-order valence-electron chi connectivity index (χ2n) is 6.65. The van der Waals surface area contributed by atoms with Gasteiger partial charge in [0.2, 0.25) is 0 Å². The molecular formula is C14H28. The summed E-state index contributed by atoms with van der Waals surface area (Å²) in [6, 6.07) is 0. The van der Waals surface area contributed by atoms with Crippen LogP contribution in [-0.4, -0.2) is 0 Å². The van der Waals surface area contributed by atoms with Crippen molar-refractivity contribution in [3.63, 3.8) is 0 Å². The molecule has 0 nitrogen and oxygen atoms in total. The van der Waals surface area contributed by atoms with Crippen molar-refractivity contribution in [2.75, 3.05) is 0 Å². The van der Waals surface area contributed by atoms with Gasteiger partial charge in [0.15, 0.2) is 0 Å². The Bertz CT molecular complexity index is 153. The molecule has 0 N–H and O–H groups in total. The Balaban J connectivity index is 2.40. The maximum atomic E-state index is 2.46. The lowest BCUT2D eigenvalue weighted by molar-refractivity contribution is 0.149. The first kappa shape index (κ1) is 12.1. The fourth-order valence-corrected chi connectivity index (χ4v) is 2.92. The van der Waals surface area contributed by atoms with E-state index >= 15 is 0 Å². The lowest BCUT2D eigenvalue weighted by Gasteiger charge is -2.36. The van der Waals surface area contributed by atoms with E-state index in [0.717, 1.165) is 17.8 Å². The first-order chi connectivity index (χ1) is 6.40. The van der Waals surface area contributed by atoms with Gasteiger partial charge >= 0.3 is 0 Å². The van der Waals surface area contributed by atoms with Gasteiger partial charge in [-0.25, -0.2) is 0 Å². The predicted molar refractivity (Wildman–Crippen MR) is 64.4 cm³/mol. The summed E-state index contributed by atoms with van der Waals surface area (Å²) >= 11 is 0. The molecule has 1 fully saturated rings. The van der Waals surface area contributed by atoms with Crippen molar-refractivity contribution in [2.45, 2.75) is 66.7 Å². The SMILES string of the molecule is C[C@@H]1CCC[C@H](C)C1CCC(C)(C)C. The van der Waals surface area contributed by atoms with E-state index in [2.05, 4.69) is 34.6 Å². The van der Waals surface area contributed by atoms with Gasteiger partial charge in [0, 0.05) is 0 Å². The van der Waals surface area contributed by atoms with Gasteiger partial charge in [0.05, 0.1) is 0 Å². The molecule has 14 heavy (non-hydrogen) atoms. The minimum absolute atomic E-state index is 0.525. The van der Waals surface area contributed by atoms with Crippen LogP contribution in [0.2, 0.25) is 0 Å². The number of hydrogen-bond donors (Lipinski definition) is 0. The monoisotopic (exact) mass is 196 g/mol. The van der Waals surface area contributed by atoms with Crippen LogP contribution in [-0.2, 0) is 0 Å². The van der Waals surface area contributed by atoms with E-state index in [0.29, 0.717) is 5.41 Å². The summed E-state index contributed by atoms with van der Waals surface area (Å²) in [7, 11) is 0. The minimum Gasteiger partial charge on any atom is -0.0622 e. The van der Waals surface area contributed by atoms with Crippen molar-refractivity contribution in [1.29, 1.82) is 0 Å². The van der Waals surface area contributed by atoms with Gasteiger partial charge in [-0.15, -0.1) is 0 Å². The maximum Gasteiger partial charge on any atom is -0.0362 e. The molecule has 0 amide bonds. The Kier molecular flexibility index (Phi) is 4.04. The Morgan fingerprint density at radius 2 is 1.50 bits per heavy atom. The van der Waals surface area contributed by atoms with Gasteiger partial charge < -0.3 is 0 Å². The van der Waals surface area contributed by atoms with Crippen molar-refractivity contribution in [2.24, 2.45) is 23.2 Å². The fraction of sp³-hybridized carbons (Fsp3) is 1.00. The Labute approximate surface area is 90.5 Å². The quantitative estimate of drug-likeness (QED) is 0.590. The van der Waals surface area contributed by atoms with Crippen LogP contribution in [0.5, 0.6) is 0 Å². The van der Waals surface area contributed by atoms with E-state index in [-0.39, 0.29) is 0 Å². The van der Waals surface area contributed by atoms with E-state index in [1.807, 2.05) is 0 Å². The first-order valence-electron chi connectivity index (χ1n) is 6.40. The zero-order chi connectivity index (χ0) is 10.8. The van der Waals surface area contributed by atoms with Crippen molar-refractivity contribution < 1.29 is 0 Å². The van der Waals surface area contributed by atoms with Gasteiger partial charge in [-0.05, 0) is 36.0 Å². The highest BCUT2D eigenvalue weighted by Crippen LogP contribution is 2.39. The molecule has 84 valence electrons. The van der Waals surface area contributed by atoms with E-state index in [1.54, 1.807) is 0 Å². The molecule has 0 heterocycles. The Morgan fingerprint density at radius 1 is 1.00 bits per heavy atom. The highest BCUT2D eigenvalue weighted by atomic mass is 14.3. The van der Waals surface area contributed by atoms with Gasteiger partial charge in [-0.2, -0.15) is 0 Å². The molecule has 0 radical (unpaired) electrons.